The second-order valence-electron chi connectivity index (χ2n) is 6.95. The molecule has 1 fully saturated rings. The molecule has 3 aromatic rings. The van der Waals surface area contributed by atoms with E-state index in [-0.39, 0.29) is 11.8 Å². The Morgan fingerprint density at radius 2 is 2.00 bits per heavy atom. The minimum absolute atomic E-state index is 0.0861. The number of anilines is 1. The molecule has 0 saturated carbocycles. The summed E-state index contributed by atoms with van der Waals surface area (Å²) < 4.78 is 21.2. The van der Waals surface area contributed by atoms with Crippen molar-refractivity contribution in [2.24, 2.45) is 7.05 Å². The Bertz CT molecular complexity index is 1040. The van der Waals surface area contributed by atoms with Gasteiger partial charge in [0.2, 0.25) is 0 Å². The molecule has 2 aromatic heterocycles. The number of halogens is 1. The van der Waals surface area contributed by atoms with Crippen LogP contribution in [0.5, 0.6) is 5.75 Å². The Labute approximate surface area is 167 Å². The zero-order valence-corrected chi connectivity index (χ0v) is 16.4. The van der Waals surface area contributed by atoms with Crippen molar-refractivity contribution in [1.29, 1.82) is 0 Å². The van der Waals surface area contributed by atoms with E-state index in [1.165, 1.54) is 18.1 Å². The Morgan fingerprint density at radius 3 is 2.59 bits per heavy atom. The smallest absolute Gasteiger partial charge is 0.276 e. The normalized spacial score (nSPS) is 13.8. The van der Waals surface area contributed by atoms with Crippen LogP contribution in [0.2, 0.25) is 0 Å². The van der Waals surface area contributed by atoms with Crippen molar-refractivity contribution < 1.29 is 13.9 Å². The van der Waals surface area contributed by atoms with Crippen molar-refractivity contribution in [3.05, 3.63) is 53.6 Å². The van der Waals surface area contributed by atoms with E-state index in [4.69, 9.17) is 4.74 Å². The van der Waals surface area contributed by atoms with Crippen molar-refractivity contribution in [3.63, 3.8) is 0 Å². The molecule has 150 valence electrons. The first-order chi connectivity index (χ1) is 13.9. The Kier molecular flexibility index (Phi) is 4.98. The Morgan fingerprint density at radius 1 is 1.28 bits per heavy atom. The summed E-state index contributed by atoms with van der Waals surface area (Å²) in [4.78, 5) is 21.1. The molecular weight excluding hydrogens is 375 g/mol. The average Bonchev–Trinajstić information content (AvgIpc) is 2.98. The van der Waals surface area contributed by atoms with Crippen LogP contribution in [0.1, 0.15) is 21.9 Å². The van der Waals surface area contributed by atoms with E-state index in [9.17, 15) is 9.18 Å². The van der Waals surface area contributed by atoms with E-state index in [1.54, 1.807) is 18.2 Å². The van der Waals surface area contributed by atoms with E-state index >= 15 is 0 Å². The van der Waals surface area contributed by atoms with Gasteiger partial charge >= 0.3 is 0 Å². The summed E-state index contributed by atoms with van der Waals surface area (Å²) in [5.74, 6) is -0.573. The molecule has 0 unspecified atom stereocenters. The van der Waals surface area contributed by atoms with Crippen molar-refractivity contribution in [1.82, 2.24) is 25.1 Å². The maximum absolute atomic E-state index is 13.9. The lowest BCUT2D eigenvalue weighted by atomic mass is 10.0. The molecule has 0 bridgehead atoms. The molecule has 1 aliphatic heterocycles. The van der Waals surface area contributed by atoms with Gasteiger partial charge in [-0.2, -0.15) is 5.10 Å². The molecule has 0 atom stereocenters. The zero-order chi connectivity index (χ0) is 20.5. The number of hydrogen-bond acceptors (Lipinski definition) is 6. The van der Waals surface area contributed by atoms with E-state index in [1.807, 2.05) is 13.8 Å². The molecule has 0 spiro atoms. The maximum Gasteiger partial charge on any atom is 0.276 e. The molecule has 29 heavy (non-hydrogen) atoms. The summed E-state index contributed by atoms with van der Waals surface area (Å²) in [5, 5.41) is 9.68. The van der Waals surface area contributed by atoms with Crippen LogP contribution in [-0.4, -0.2) is 44.8 Å². The van der Waals surface area contributed by atoms with Crippen LogP contribution in [0.15, 0.2) is 30.7 Å². The summed E-state index contributed by atoms with van der Waals surface area (Å²) in [5.41, 5.74) is 3.59. The molecule has 1 saturated heterocycles. The van der Waals surface area contributed by atoms with Gasteiger partial charge in [-0.15, -0.1) is 0 Å². The number of benzene rings is 1. The summed E-state index contributed by atoms with van der Waals surface area (Å²) in [6.07, 6.45) is 2.61. The monoisotopic (exact) mass is 396 g/mol. The molecule has 3 heterocycles. The highest BCUT2D eigenvalue weighted by atomic mass is 19.1. The van der Waals surface area contributed by atoms with Gasteiger partial charge in [0.15, 0.2) is 11.5 Å². The van der Waals surface area contributed by atoms with Gasteiger partial charge in [0.25, 0.3) is 5.91 Å². The standard InChI is InChI=1S/C20H21FN6O2/c1-11-18(12(2)24-10-23-11)15-6-13(4-5-17(15)29-14-7-22-8-14)26-20(28)19-16(21)9-25-27(19)3/h4-6,9-10,14,22H,7-8H2,1-3H3,(H,26,28). The topological polar surface area (TPSA) is 94.0 Å². The van der Waals surface area contributed by atoms with E-state index in [0.29, 0.717) is 11.4 Å². The molecule has 0 radical (unpaired) electrons. The lowest BCUT2D eigenvalue weighted by Gasteiger charge is -2.29. The van der Waals surface area contributed by atoms with Crippen LogP contribution in [0.4, 0.5) is 10.1 Å². The van der Waals surface area contributed by atoms with Gasteiger partial charge in [0.05, 0.1) is 6.20 Å². The van der Waals surface area contributed by atoms with Gasteiger partial charge in [-0.05, 0) is 32.0 Å². The van der Waals surface area contributed by atoms with Crippen LogP contribution >= 0.6 is 0 Å². The second kappa shape index (κ2) is 7.59. The molecule has 1 amide bonds. The van der Waals surface area contributed by atoms with Gasteiger partial charge in [0.1, 0.15) is 18.2 Å². The van der Waals surface area contributed by atoms with E-state index in [2.05, 4.69) is 25.7 Å². The highest BCUT2D eigenvalue weighted by Gasteiger charge is 2.23. The molecule has 1 aliphatic rings. The van der Waals surface area contributed by atoms with Crippen LogP contribution in [-0.2, 0) is 7.05 Å². The van der Waals surface area contributed by atoms with Gasteiger partial charge in [0, 0.05) is 48.3 Å². The average molecular weight is 396 g/mol. The number of nitrogens with one attached hydrogen (secondary N) is 2. The molecule has 9 heteroatoms. The SMILES string of the molecule is Cc1ncnc(C)c1-c1cc(NC(=O)c2c(F)cnn2C)ccc1OC1CNC1. The van der Waals surface area contributed by atoms with Crippen molar-refractivity contribution in [2.45, 2.75) is 20.0 Å². The molecular formula is C20H21FN6O2. The first-order valence-electron chi connectivity index (χ1n) is 9.23. The fourth-order valence-corrected chi connectivity index (χ4v) is 3.27. The van der Waals surface area contributed by atoms with Gasteiger partial charge in [-0.25, -0.2) is 14.4 Å². The predicted molar refractivity (Wildman–Crippen MR) is 105 cm³/mol. The number of hydrogen-bond donors (Lipinski definition) is 2. The number of aromatic nitrogens is 4. The van der Waals surface area contributed by atoms with Crippen LogP contribution < -0.4 is 15.4 Å². The molecule has 0 aliphatic carbocycles. The number of carbonyl (C=O) groups is 1. The van der Waals surface area contributed by atoms with Crippen LogP contribution in [0, 0.1) is 19.7 Å². The van der Waals surface area contributed by atoms with Crippen molar-refractivity contribution in [3.8, 4) is 16.9 Å². The predicted octanol–water partition coefficient (Wildman–Crippen LogP) is 2.24. The quantitative estimate of drug-likeness (QED) is 0.687. The molecule has 1 aromatic carbocycles. The van der Waals surface area contributed by atoms with E-state index in [0.717, 1.165) is 41.8 Å². The Hall–Kier alpha value is -3.33. The third kappa shape index (κ3) is 3.68. The first-order valence-corrected chi connectivity index (χ1v) is 9.23. The van der Waals surface area contributed by atoms with Crippen LogP contribution in [0.25, 0.3) is 11.1 Å². The van der Waals surface area contributed by atoms with E-state index < -0.39 is 11.7 Å². The maximum atomic E-state index is 13.9. The fourth-order valence-electron chi connectivity index (χ4n) is 3.27. The lowest BCUT2D eigenvalue weighted by molar-refractivity contribution is 0.101. The molecule has 2 N–H and O–H groups in total. The number of aryl methyl sites for hydroxylation is 3. The Balaban J connectivity index is 1.72. The lowest BCUT2D eigenvalue weighted by Crippen LogP contribution is -2.50. The number of nitrogens with zero attached hydrogens (tertiary/aromatic N) is 4. The minimum atomic E-state index is -0.675. The highest BCUT2D eigenvalue weighted by Crippen LogP contribution is 2.36. The molecule has 4 rings (SSSR count). The summed E-state index contributed by atoms with van der Waals surface area (Å²) in [7, 11) is 1.51. The van der Waals surface area contributed by atoms with Crippen molar-refractivity contribution in [2.75, 3.05) is 18.4 Å². The number of amides is 1. The molecule has 8 nitrogen and oxygen atoms in total. The van der Waals surface area contributed by atoms with Crippen LogP contribution in [0.3, 0.4) is 0 Å². The number of rotatable bonds is 5. The van der Waals surface area contributed by atoms with Gasteiger partial charge in [-0.1, -0.05) is 0 Å². The number of carbonyl (C=O) groups excluding carboxylic acids is 1. The third-order valence-electron chi connectivity index (χ3n) is 4.88. The van der Waals surface area contributed by atoms with Gasteiger partial charge in [-0.3, -0.25) is 9.48 Å². The second-order valence-corrected chi connectivity index (χ2v) is 6.95. The summed E-state index contributed by atoms with van der Waals surface area (Å²) in [6.45, 7) is 5.35. The zero-order valence-electron chi connectivity index (χ0n) is 16.4. The first kappa shape index (κ1) is 19.0. The highest BCUT2D eigenvalue weighted by molar-refractivity contribution is 6.03. The third-order valence-corrected chi connectivity index (χ3v) is 4.88. The summed E-state index contributed by atoms with van der Waals surface area (Å²) in [6, 6.07) is 5.33. The van der Waals surface area contributed by atoms with Crippen molar-refractivity contribution >= 4 is 11.6 Å². The summed E-state index contributed by atoms with van der Waals surface area (Å²) >= 11 is 0. The largest absolute Gasteiger partial charge is 0.487 e. The fraction of sp³-hybridized carbons (Fsp3) is 0.300. The van der Waals surface area contributed by atoms with Gasteiger partial charge < -0.3 is 15.4 Å². The number of ether oxygens (including phenoxy) is 1. The minimum Gasteiger partial charge on any atom is -0.487 e.